The van der Waals surface area contributed by atoms with Crippen LogP contribution in [-0.2, 0) is 0 Å². The maximum Gasteiger partial charge on any atom is 0.138 e. The molecule has 0 N–H and O–H groups in total. The molecule has 0 unspecified atom stereocenters. The summed E-state index contributed by atoms with van der Waals surface area (Å²) in [4.78, 5) is 4.55. The van der Waals surface area contributed by atoms with Gasteiger partial charge < -0.3 is 18.6 Å². The Morgan fingerprint density at radius 2 is 0.703 bits per heavy atom. The number of furan rings is 2. The Morgan fingerprint density at radius 3 is 1.05 bits per heavy atom. The normalized spacial score (nSPS) is 11.6. The zero-order chi connectivity index (χ0) is 44.0. The van der Waals surface area contributed by atoms with E-state index in [9.17, 15) is 10.5 Å². The number of hydrogen-bond acceptors (Lipinski definition) is 6. The number of nitriles is 2. The monoisotopic (exact) mass is 826 g/mol. The van der Waals surface area contributed by atoms with E-state index in [0.717, 1.165) is 99.5 Å². The van der Waals surface area contributed by atoms with E-state index in [1.54, 1.807) is 0 Å². The van der Waals surface area contributed by atoms with Gasteiger partial charge in [0.25, 0.3) is 0 Å². The highest BCUT2D eigenvalue weighted by atomic mass is 16.3. The highest BCUT2D eigenvalue weighted by Crippen LogP contribution is 2.49. The Labute approximate surface area is 371 Å². The summed E-state index contributed by atoms with van der Waals surface area (Å²) in [6, 6.07) is 54.7. The average Bonchev–Trinajstić information content (AvgIpc) is 3.86. The fraction of sp³-hybridized carbons (Fsp3) is 0.103. The first-order valence-electron chi connectivity index (χ1n) is 21.5. The fourth-order valence-corrected chi connectivity index (χ4v) is 9.61. The molecule has 11 aromatic rings. The van der Waals surface area contributed by atoms with Crippen LogP contribution < -0.4 is 9.80 Å². The maximum atomic E-state index is 9.66. The molecule has 0 amide bonds. The van der Waals surface area contributed by atoms with Gasteiger partial charge in [0, 0.05) is 67.2 Å². The molecule has 0 aliphatic carbocycles. The molecule has 2 heterocycles. The molecule has 0 spiro atoms. The van der Waals surface area contributed by atoms with Gasteiger partial charge in [0.15, 0.2) is 0 Å². The largest absolute Gasteiger partial charge is 0.456 e. The van der Waals surface area contributed by atoms with Crippen molar-refractivity contribution in [3.8, 4) is 12.1 Å². The first-order valence-corrected chi connectivity index (χ1v) is 21.5. The lowest BCUT2D eigenvalue weighted by Crippen LogP contribution is -2.11. The summed E-state index contributed by atoms with van der Waals surface area (Å²) in [5.74, 6) is 0. The number of fused-ring (bicyclic) bond motifs is 10. The van der Waals surface area contributed by atoms with Crippen molar-refractivity contribution in [3.05, 3.63) is 190 Å². The van der Waals surface area contributed by atoms with Gasteiger partial charge >= 0.3 is 0 Å². The molecule has 0 saturated carbocycles. The average molecular weight is 827 g/mol. The summed E-state index contributed by atoms with van der Waals surface area (Å²) in [6.45, 7) is 13.0. The van der Waals surface area contributed by atoms with E-state index < -0.39 is 0 Å². The molecule has 9 aromatic carbocycles. The number of aryl methyl sites for hydroxylation is 4. The van der Waals surface area contributed by atoms with Crippen molar-refractivity contribution >= 4 is 99.5 Å². The van der Waals surface area contributed by atoms with Crippen molar-refractivity contribution in [2.24, 2.45) is 0 Å². The van der Waals surface area contributed by atoms with E-state index in [4.69, 9.17) is 8.83 Å². The van der Waals surface area contributed by atoms with Crippen molar-refractivity contribution in [2.75, 3.05) is 9.80 Å². The van der Waals surface area contributed by atoms with Crippen molar-refractivity contribution in [3.63, 3.8) is 0 Å². The summed E-state index contributed by atoms with van der Waals surface area (Å²) in [5.41, 5.74) is 17.6. The lowest BCUT2D eigenvalue weighted by atomic mass is 9.98. The van der Waals surface area contributed by atoms with Gasteiger partial charge in [0.05, 0.1) is 34.6 Å². The van der Waals surface area contributed by atoms with Crippen LogP contribution in [-0.4, -0.2) is 0 Å². The SMILES string of the molecule is Cc1cc(N(c2ccc(C#N)cc2)c2cc3oc4cc5c(cc4c3c3ccccc23)oc2cc(N(c3ccc(C#N)cc3)c3cc(C)c(C)c(C)c3)c3ccccc3c25)cc(C)c1C. The summed E-state index contributed by atoms with van der Waals surface area (Å²) < 4.78 is 13.9. The Hall–Kier alpha value is -8.32. The number of nitrogens with zero attached hydrogens (tertiary/aromatic N) is 4. The third-order valence-corrected chi connectivity index (χ3v) is 13.4. The second-order valence-electron chi connectivity index (χ2n) is 17.1. The molecular formula is C58H42N4O2. The van der Waals surface area contributed by atoms with Crippen LogP contribution in [0.3, 0.4) is 0 Å². The predicted molar refractivity (Wildman–Crippen MR) is 263 cm³/mol. The van der Waals surface area contributed by atoms with Crippen LogP contribution in [0, 0.1) is 64.2 Å². The van der Waals surface area contributed by atoms with Crippen LogP contribution in [0.25, 0.3) is 65.4 Å². The molecule has 0 aliphatic rings. The predicted octanol–water partition coefficient (Wildman–Crippen LogP) is 16.3. The second-order valence-corrected chi connectivity index (χ2v) is 17.1. The zero-order valence-electron chi connectivity index (χ0n) is 36.5. The lowest BCUT2D eigenvalue weighted by Gasteiger charge is -2.28. The van der Waals surface area contributed by atoms with Gasteiger partial charge in [-0.3, -0.25) is 0 Å². The zero-order valence-corrected chi connectivity index (χ0v) is 36.5. The van der Waals surface area contributed by atoms with Gasteiger partial charge in [0.1, 0.15) is 22.3 Å². The topological polar surface area (TPSA) is 80.3 Å². The Balaban J connectivity index is 1.15. The van der Waals surface area contributed by atoms with Gasteiger partial charge in [0.2, 0.25) is 0 Å². The van der Waals surface area contributed by atoms with Crippen LogP contribution in [0.5, 0.6) is 0 Å². The Kier molecular flexibility index (Phi) is 8.84. The van der Waals surface area contributed by atoms with Gasteiger partial charge in [-0.05, 0) is 171 Å². The summed E-state index contributed by atoms with van der Waals surface area (Å²) in [7, 11) is 0. The van der Waals surface area contributed by atoms with Gasteiger partial charge in [-0.1, -0.05) is 48.5 Å². The molecule has 0 fully saturated rings. The molecule has 0 bridgehead atoms. The molecule has 306 valence electrons. The summed E-state index contributed by atoms with van der Waals surface area (Å²) >= 11 is 0. The minimum atomic E-state index is 0.610. The van der Waals surface area contributed by atoms with E-state index in [-0.39, 0.29) is 0 Å². The van der Waals surface area contributed by atoms with Crippen LogP contribution in [0.1, 0.15) is 44.5 Å². The number of hydrogen-bond donors (Lipinski definition) is 0. The molecule has 64 heavy (non-hydrogen) atoms. The van der Waals surface area contributed by atoms with E-state index >= 15 is 0 Å². The molecule has 11 rings (SSSR count). The van der Waals surface area contributed by atoms with Crippen molar-refractivity contribution in [1.29, 1.82) is 10.5 Å². The first-order chi connectivity index (χ1) is 31.1. The molecule has 0 aliphatic heterocycles. The van der Waals surface area contributed by atoms with Crippen molar-refractivity contribution in [2.45, 2.75) is 41.5 Å². The molecule has 0 atom stereocenters. The van der Waals surface area contributed by atoms with E-state index in [2.05, 4.69) is 161 Å². The molecule has 0 saturated heterocycles. The molecule has 6 nitrogen and oxygen atoms in total. The highest BCUT2D eigenvalue weighted by Gasteiger charge is 2.25. The van der Waals surface area contributed by atoms with Crippen LogP contribution in [0.15, 0.2) is 154 Å². The number of anilines is 6. The van der Waals surface area contributed by atoms with Gasteiger partial charge in [-0.25, -0.2) is 0 Å². The number of benzene rings is 9. The van der Waals surface area contributed by atoms with Gasteiger partial charge in [-0.15, -0.1) is 0 Å². The minimum absolute atomic E-state index is 0.610. The van der Waals surface area contributed by atoms with Crippen molar-refractivity contribution in [1.82, 2.24) is 0 Å². The lowest BCUT2D eigenvalue weighted by molar-refractivity contribution is 0.664. The Morgan fingerprint density at radius 1 is 0.359 bits per heavy atom. The van der Waals surface area contributed by atoms with Gasteiger partial charge in [-0.2, -0.15) is 10.5 Å². The fourth-order valence-electron chi connectivity index (χ4n) is 9.61. The maximum absolute atomic E-state index is 9.66. The second kappa shape index (κ2) is 14.7. The molecule has 0 radical (unpaired) electrons. The minimum Gasteiger partial charge on any atom is -0.456 e. The van der Waals surface area contributed by atoms with Crippen LogP contribution in [0.2, 0.25) is 0 Å². The summed E-state index contributed by atoms with van der Waals surface area (Å²) in [6.07, 6.45) is 0. The van der Waals surface area contributed by atoms with Crippen molar-refractivity contribution < 1.29 is 8.83 Å². The van der Waals surface area contributed by atoms with E-state index in [0.29, 0.717) is 11.1 Å². The number of rotatable bonds is 6. The quantitative estimate of drug-likeness (QED) is 0.166. The van der Waals surface area contributed by atoms with E-state index in [1.165, 1.54) is 33.4 Å². The highest BCUT2D eigenvalue weighted by molar-refractivity contribution is 6.28. The third-order valence-electron chi connectivity index (χ3n) is 13.4. The third kappa shape index (κ3) is 5.99. The molecule has 6 heteroatoms. The summed E-state index contributed by atoms with van der Waals surface area (Å²) in [5, 5.41) is 27.6. The van der Waals surface area contributed by atoms with E-state index in [1.807, 2.05) is 48.5 Å². The van der Waals surface area contributed by atoms with Crippen LogP contribution >= 0.6 is 0 Å². The molecule has 2 aromatic heterocycles. The standard InChI is InChI=1S/C58H42N4O2/c1-33-23-43(24-34(2)37(33)5)61(41-19-15-39(31-59)16-20-41)51-29-55-57(47-13-9-7-11-45(47)51)49-27-54-50(28-53(49)63-55)58-48-14-10-8-12-46(48)52(30-56(58)64-54)62(42-21-17-40(32-60)18-22-42)44-25-35(3)38(6)36(4)26-44/h7-30H,1-6H3. The first kappa shape index (κ1) is 38.6. The van der Waals surface area contributed by atoms with Crippen LogP contribution in [0.4, 0.5) is 34.1 Å². The Bertz CT molecular complexity index is 3520. The molecular weight excluding hydrogens is 785 g/mol. The smallest absolute Gasteiger partial charge is 0.138 e.